The molecule has 0 aliphatic rings. The Kier molecular flexibility index (Phi) is 3.03. The Labute approximate surface area is 63.0 Å². The van der Waals surface area contributed by atoms with E-state index in [1.165, 1.54) is 0 Å². The molecular weight excluding hydrogens is 126 g/mol. The maximum atomic E-state index is 9.52. The molecule has 0 saturated heterocycles. The van der Waals surface area contributed by atoms with Crippen LogP contribution in [0.2, 0.25) is 0 Å². The minimum absolute atomic E-state index is 0.324. The lowest BCUT2D eigenvalue weighted by Crippen LogP contribution is -2.34. The summed E-state index contributed by atoms with van der Waals surface area (Å²) in [4.78, 5) is 4.03. The van der Waals surface area contributed by atoms with Crippen molar-refractivity contribution in [1.29, 1.82) is 0 Å². The quantitative estimate of drug-likeness (QED) is 0.583. The molecule has 0 aliphatic heterocycles. The topological polar surface area (TPSA) is 32.6 Å². The van der Waals surface area contributed by atoms with Gasteiger partial charge in [-0.2, -0.15) is 0 Å². The molecule has 0 aromatic carbocycles. The van der Waals surface area contributed by atoms with Gasteiger partial charge in [-0.25, -0.2) is 0 Å². The third-order valence-electron chi connectivity index (χ3n) is 1.41. The van der Waals surface area contributed by atoms with Crippen molar-refractivity contribution in [3.05, 3.63) is 0 Å². The van der Waals surface area contributed by atoms with Crippen molar-refractivity contribution in [3.63, 3.8) is 0 Å². The van der Waals surface area contributed by atoms with Crippen LogP contribution in [0.3, 0.4) is 0 Å². The zero-order valence-corrected chi connectivity index (χ0v) is 7.47. The predicted octanol–water partition coefficient (Wildman–Crippen LogP) is 1.48. The van der Waals surface area contributed by atoms with Crippen LogP contribution < -0.4 is 0 Å². The Morgan fingerprint density at radius 1 is 1.40 bits per heavy atom. The predicted molar refractivity (Wildman–Crippen MR) is 44.5 cm³/mol. The summed E-state index contributed by atoms with van der Waals surface area (Å²) in [6.07, 6.45) is 0. The van der Waals surface area contributed by atoms with E-state index < -0.39 is 5.60 Å². The summed E-state index contributed by atoms with van der Waals surface area (Å²) in [5, 5.41) is 9.52. The van der Waals surface area contributed by atoms with Gasteiger partial charge in [-0.15, -0.1) is 0 Å². The van der Waals surface area contributed by atoms with Gasteiger partial charge in [0.15, 0.2) is 0 Å². The van der Waals surface area contributed by atoms with Gasteiger partial charge in [-0.05, 0) is 19.8 Å². The van der Waals surface area contributed by atoms with Crippen LogP contribution in [0, 0.1) is 5.92 Å². The van der Waals surface area contributed by atoms with Gasteiger partial charge in [0, 0.05) is 12.8 Å². The van der Waals surface area contributed by atoms with Crippen LogP contribution in [0.15, 0.2) is 4.99 Å². The molecule has 2 nitrogen and oxygen atoms in total. The lowest BCUT2D eigenvalue weighted by Gasteiger charge is -2.22. The smallest absolute Gasteiger partial charge is 0.0968 e. The third kappa shape index (κ3) is 2.48. The molecule has 0 aliphatic carbocycles. The number of hydrogen-bond donors (Lipinski definition) is 1. The van der Waals surface area contributed by atoms with Gasteiger partial charge in [0.2, 0.25) is 0 Å². The van der Waals surface area contributed by atoms with Gasteiger partial charge in [0.25, 0.3) is 0 Å². The highest BCUT2D eigenvalue weighted by atomic mass is 16.3. The average Bonchev–Trinajstić information content (AvgIpc) is 1.60. The van der Waals surface area contributed by atoms with E-state index in [1.807, 2.05) is 13.8 Å². The van der Waals surface area contributed by atoms with Crippen LogP contribution in [-0.4, -0.2) is 23.5 Å². The molecule has 0 aromatic rings. The van der Waals surface area contributed by atoms with Crippen LogP contribution in [-0.2, 0) is 0 Å². The first kappa shape index (κ1) is 9.63. The molecule has 0 rings (SSSR count). The lowest BCUT2D eigenvalue weighted by atomic mass is 9.93. The molecule has 0 amide bonds. The molecule has 0 aromatic heterocycles. The average molecular weight is 143 g/mol. The van der Waals surface area contributed by atoms with Crippen LogP contribution >= 0.6 is 0 Å². The summed E-state index contributed by atoms with van der Waals surface area (Å²) in [6, 6.07) is 0. The van der Waals surface area contributed by atoms with Crippen molar-refractivity contribution in [2.75, 3.05) is 7.05 Å². The molecule has 10 heavy (non-hydrogen) atoms. The second-order valence-corrected chi connectivity index (χ2v) is 3.32. The van der Waals surface area contributed by atoms with Crippen LogP contribution in [0.4, 0.5) is 0 Å². The van der Waals surface area contributed by atoms with Crippen molar-refractivity contribution >= 4 is 5.71 Å². The fraction of sp³-hybridized carbons (Fsp3) is 0.875. The fourth-order valence-corrected chi connectivity index (χ4v) is 1.24. The Morgan fingerprint density at radius 2 is 1.80 bits per heavy atom. The highest BCUT2D eigenvalue weighted by Crippen LogP contribution is 2.11. The van der Waals surface area contributed by atoms with Crippen molar-refractivity contribution in [3.8, 4) is 0 Å². The van der Waals surface area contributed by atoms with E-state index in [1.54, 1.807) is 20.9 Å². The molecule has 1 N–H and O–H groups in total. The Balaban J connectivity index is 4.40. The molecule has 0 radical (unpaired) electrons. The summed E-state index contributed by atoms with van der Waals surface area (Å²) in [6.45, 7) is 7.57. The summed E-state index contributed by atoms with van der Waals surface area (Å²) in [5.74, 6) is 0.324. The van der Waals surface area contributed by atoms with Crippen molar-refractivity contribution in [2.24, 2.45) is 10.9 Å². The van der Waals surface area contributed by atoms with Gasteiger partial charge in [0.1, 0.15) is 0 Å². The fourth-order valence-electron chi connectivity index (χ4n) is 1.24. The van der Waals surface area contributed by atoms with E-state index in [0.29, 0.717) is 5.92 Å². The van der Waals surface area contributed by atoms with E-state index >= 15 is 0 Å². The van der Waals surface area contributed by atoms with Gasteiger partial charge >= 0.3 is 0 Å². The summed E-state index contributed by atoms with van der Waals surface area (Å²) < 4.78 is 0. The van der Waals surface area contributed by atoms with Crippen molar-refractivity contribution in [1.82, 2.24) is 0 Å². The Hall–Kier alpha value is -0.370. The minimum Gasteiger partial charge on any atom is -0.384 e. The largest absolute Gasteiger partial charge is 0.384 e. The van der Waals surface area contributed by atoms with E-state index in [9.17, 15) is 5.11 Å². The normalized spacial score (nSPS) is 14.5. The van der Waals surface area contributed by atoms with Gasteiger partial charge < -0.3 is 5.11 Å². The molecule has 0 atom stereocenters. The van der Waals surface area contributed by atoms with Gasteiger partial charge in [-0.1, -0.05) is 13.8 Å². The number of hydrogen-bond acceptors (Lipinski definition) is 2. The molecule has 60 valence electrons. The third-order valence-corrected chi connectivity index (χ3v) is 1.41. The van der Waals surface area contributed by atoms with Crippen LogP contribution in [0.5, 0.6) is 0 Å². The molecule has 0 spiro atoms. The monoisotopic (exact) mass is 143 g/mol. The van der Waals surface area contributed by atoms with Crippen molar-refractivity contribution in [2.45, 2.75) is 33.3 Å². The number of aliphatic hydroxyl groups is 1. The Bertz CT molecular complexity index is 131. The maximum absolute atomic E-state index is 9.52. The first-order valence-electron chi connectivity index (χ1n) is 3.59. The SMILES string of the molecule is C/N=C(\C(C)C)C(C)(C)O. The standard InChI is InChI=1S/C8H17NO/c1-6(2)7(9-5)8(3,4)10/h6,10H,1-5H3/b9-7+. The second-order valence-electron chi connectivity index (χ2n) is 3.32. The Morgan fingerprint density at radius 3 is 1.80 bits per heavy atom. The van der Waals surface area contributed by atoms with Crippen LogP contribution in [0.25, 0.3) is 0 Å². The van der Waals surface area contributed by atoms with E-state index in [0.717, 1.165) is 5.71 Å². The molecule has 0 bridgehead atoms. The van der Waals surface area contributed by atoms with Crippen LogP contribution in [0.1, 0.15) is 27.7 Å². The molecule has 0 saturated carbocycles. The minimum atomic E-state index is -0.761. The van der Waals surface area contributed by atoms with E-state index in [-0.39, 0.29) is 0 Å². The number of nitrogens with zero attached hydrogens (tertiary/aromatic N) is 1. The summed E-state index contributed by atoms with van der Waals surface area (Å²) in [7, 11) is 1.72. The maximum Gasteiger partial charge on any atom is 0.0968 e. The van der Waals surface area contributed by atoms with E-state index in [4.69, 9.17) is 0 Å². The molecule has 0 unspecified atom stereocenters. The van der Waals surface area contributed by atoms with E-state index in [2.05, 4.69) is 4.99 Å². The van der Waals surface area contributed by atoms with Crippen molar-refractivity contribution < 1.29 is 5.11 Å². The van der Waals surface area contributed by atoms with Gasteiger partial charge in [0.05, 0.1) is 5.60 Å². The molecular formula is C8H17NO. The molecule has 0 fully saturated rings. The highest BCUT2D eigenvalue weighted by molar-refractivity contribution is 5.93. The summed E-state index contributed by atoms with van der Waals surface area (Å²) >= 11 is 0. The first-order chi connectivity index (χ1) is 4.39. The first-order valence-corrected chi connectivity index (χ1v) is 3.59. The zero-order chi connectivity index (χ0) is 8.36. The summed E-state index contributed by atoms with van der Waals surface area (Å²) in [5.41, 5.74) is 0.0932. The molecule has 0 heterocycles. The molecule has 2 heteroatoms. The number of rotatable bonds is 2. The lowest BCUT2D eigenvalue weighted by molar-refractivity contribution is 0.148. The number of aliphatic imine (C=N–C) groups is 1. The highest BCUT2D eigenvalue weighted by Gasteiger charge is 2.22. The zero-order valence-electron chi connectivity index (χ0n) is 7.47. The van der Waals surface area contributed by atoms with Gasteiger partial charge in [-0.3, -0.25) is 4.99 Å². The second kappa shape index (κ2) is 3.15.